The zero-order valence-corrected chi connectivity index (χ0v) is 22.3. The number of piperazine rings is 1. The van der Waals surface area contributed by atoms with Gasteiger partial charge >= 0.3 is 6.09 Å². The third-order valence-corrected chi connectivity index (χ3v) is 6.05. The third kappa shape index (κ3) is 7.09. The number of Topliss-reactive ketones (excluding diaryl/α,β-unsaturated/α-hetero) is 1. The minimum Gasteiger partial charge on any atom is -0.470 e. The number of benzene rings is 1. The monoisotopic (exact) mass is 528 g/mol. The van der Waals surface area contributed by atoms with Gasteiger partial charge < -0.3 is 30.3 Å². The second-order valence-corrected chi connectivity index (χ2v) is 9.85. The van der Waals surface area contributed by atoms with Crippen LogP contribution in [-0.2, 0) is 14.3 Å². The van der Waals surface area contributed by atoms with Crippen LogP contribution in [-0.4, -0.2) is 95.3 Å². The molecule has 0 aliphatic carbocycles. The Morgan fingerprint density at radius 2 is 1.68 bits per heavy atom. The zero-order chi connectivity index (χ0) is 27.9. The van der Waals surface area contributed by atoms with Crippen molar-refractivity contribution in [3.63, 3.8) is 0 Å². The predicted molar refractivity (Wildman–Crippen MR) is 139 cm³/mol. The molecule has 12 heteroatoms. The number of aromatic nitrogens is 2. The number of carbonyl (C=O) groups is 4. The van der Waals surface area contributed by atoms with Crippen LogP contribution >= 0.6 is 0 Å². The van der Waals surface area contributed by atoms with E-state index in [2.05, 4.69) is 10.4 Å². The Hall–Kier alpha value is -3.93. The molecule has 1 aliphatic rings. The Labute approximate surface area is 222 Å². The fourth-order valence-electron chi connectivity index (χ4n) is 3.69. The molecule has 0 radical (unpaired) electrons. The molecule has 1 saturated heterocycles. The Morgan fingerprint density at radius 3 is 2.26 bits per heavy atom. The molecule has 1 fully saturated rings. The first-order valence-electron chi connectivity index (χ1n) is 12.6. The van der Waals surface area contributed by atoms with Crippen molar-refractivity contribution in [2.24, 2.45) is 11.1 Å². The molecule has 1 aliphatic heterocycles. The van der Waals surface area contributed by atoms with E-state index in [-0.39, 0.29) is 43.0 Å². The molecule has 1 aromatic carbocycles. The number of nitrogens with two attached hydrogens (primary N) is 1. The van der Waals surface area contributed by atoms with Gasteiger partial charge in [0.15, 0.2) is 11.5 Å². The molecule has 3 N–H and O–H groups in total. The molecule has 3 amide bonds. The van der Waals surface area contributed by atoms with Gasteiger partial charge in [0.2, 0.25) is 11.8 Å². The third-order valence-electron chi connectivity index (χ3n) is 6.05. The van der Waals surface area contributed by atoms with Gasteiger partial charge in [-0.15, -0.1) is 0 Å². The first-order valence-corrected chi connectivity index (χ1v) is 12.6. The summed E-state index contributed by atoms with van der Waals surface area (Å²) in [5.41, 5.74) is 5.89. The molecule has 3 rings (SSSR count). The second kappa shape index (κ2) is 12.5. The van der Waals surface area contributed by atoms with Crippen LogP contribution in [0.5, 0.6) is 5.88 Å². The van der Waals surface area contributed by atoms with Crippen LogP contribution in [0, 0.1) is 5.41 Å². The van der Waals surface area contributed by atoms with Crippen molar-refractivity contribution in [3.8, 4) is 11.6 Å². The lowest BCUT2D eigenvalue weighted by molar-refractivity contribution is -0.134. The molecular formula is C26H36N6O6. The Bertz CT molecular complexity index is 1130. The maximum atomic E-state index is 13.1. The molecule has 1 atom stereocenters. The summed E-state index contributed by atoms with van der Waals surface area (Å²) in [4.78, 5) is 53.6. The second-order valence-electron chi connectivity index (χ2n) is 9.85. The van der Waals surface area contributed by atoms with Gasteiger partial charge in [-0.05, 0) is 19.1 Å². The number of ketones is 1. The van der Waals surface area contributed by atoms with E-state index < -0.39 is 23.5 Å². The SMILES string of the molecule is CCOC(=O)N1CCN(C(=O)C(CN)NC(=O)c2cc(OCC(=O)C(C)(C)C)n(-c3ccccc3)n2)CC1. The van der Waals surface area contributed by atoms with Crippen LogP contribution in [0.25, 0.3) is 5.69 Å². The molecule has 206 valence electrons. The van der Waals surface area contributed by atoms with Crippen LogP contribution < -0.4 is 15.8 Å². The summed E-state index contributed by atoms with van der Waals surface area (Å²) in [6.07, 6.45) is -0.417. The highest BCUT2D eigenvalue weighted by Crippen LogP contribution is 2.22. The van der Waals surface area contributed by atoms with Gasteiger partial charge in [0, 0.05) is 44.2 Å². The number of rotatable bonds is 9. The molecule has 12 nitrogen and oxygen atoms in total. The van der Waals surface area contributed by atoms with E-state index >= 15 is 0 Å². The van der Waals surface area contributed by atoms with E-state index in [1.807, 2.05) is 18.2 Å². The van der Waals surface area contributed by atoms with E-state index in [1.165, 1.54) is 15.6 Å². The maximum absolute atomic E-state index is 13.1. The van der Waals surface area contributed by atoms with Gasteiger partial charge in [-0.1, -0.05) is 39.0 Å². The normalized spacial score (nSPS) is 14.6. The number of ether oxygens (including phenoxy) is 2. The van der Waals surface area contributed by atoms with E-state index in [4.69, 9.17) is 15.2 Å². The highest BCUT2D eigenvalue weighted by molar-refractivity contribution is 5.96. The Morgan fingerprint density at radius 1 is 1.05 bits per heavy atom. The molecule has 2 aromatic rings. The summed E-state index contributed by atoms with van der Waals surface area (Å²) in [7, 11) is 0. The van der Waals surface area contributed by atoms with E-state index in [0.29, 0.717) is 31.9 Å². The molecule has 38 heavy (non-hydrogen) atoms. The molecule has 1 unspecified atom stereocenters. The van der Waals surface area contributed by atoms with Crippen molar-refractivity contribution in [1.29, 1.82) is 0 Å². The first kappa shape index (κ1) is 28.6. The van der Waals surface area contributed by atoms with Gasteiger partial charge in [-0.25, -0.2) is 9.48 Å². The smallest absolute Gasteiger partial charge is 0.409 e. The number of hydrogen-bond donors (Lipinski definition) is 2. The lowest BCUT2D eigenvalue weighted by atomic mass is 9.91. The Kier molecular flexibility index (Phi) is 9.45. The van der Waals surface area contributed by atoms with Gasteiger partial charge in [0.1, 0.15) is 12.6 Å². The fraction of sp³-hybridized carbons (Fsp3) is 0.500. The minimum absolute atomic E-state index is 0.00504. The summed E-state index contributed by atoms with van der Waals surface area (Å²) in [5, 5.41) is 7.03. The fourth-order valence-corrected chi connectivity index (χ4v) is 3.69. The molecule has 0 bridgehead atoms. The van der Waals surface area contributed by atoms with Crippen molar-refractivity contribution < 1.29 is 28.7 Å². The summed E-state index contributed by atoms with van der Waals surface area (Å²) < 4.78 is 12.2. The lowest BCUT2D eigenvalue weighted by Crippen LogP contribution is -2.57. The van der Waals surface area contributed by atoms with Crippen molar-refractivity contribution in [2.45, 2.75) is 33.7 Å². The summed E-state index contributed by atoms with van der Waals surface area (Å²) in [6.45, 7) is 8.34. The van der Waals surface area contributed by atoms with Crippen molar-refractivity contribution in [2.75, 3.05) is 45.9 Å². The first-order chi connectivity index (χ1) is 18.0. The van der Waals surface area contributed by atoms with E-state index in [0.717, 1.165) is 0 Å². The van der Waals surface area contributed by atoms with Gasteiger partial charge in [0.25, 0.3) is 5.91 Å². The van der Waals surface area contributed by atoms with Crippen LogP contribution in [0.2, 0.25) is 0 Å². The molecule has 0 saturated carbocycles. The van der Waals surface area contributed by atoms with E-state index in [9.17, 15) is 19.2 Å². The van der Waals surface area contributed by atoms with Crippen LogP contribution in [0.4, 0.5) is 4.79 Å². The molecule has 1 aromatic heterocycles. The number of nitrogens with zero attached hydrogens (tertiary/aromatic N) is 4. The number of para-hydroxylation sites is 1. The topological polar surface area (TPSA) is 149 Å². The number of carbonyl (C=O) groups excluding carboxylic acids is 4. The number of nitrogens with one attached hydrogen (secondary N) is 1. The standard InChI is InChI=1S/C26H36N6O6/c1-5-37-25(36)31-13-11-30(12-14-31)24(35)20(16-27)28-23(34)19-15-22(38-17-21(33)26(2,3)4)32(29-19)18-9-7-6-8-10-18/h6-10,15,20H,5,11-14,16-17,27H2,1-4H3,(H,28,34). The number of hydrogen-bond acceptors (Lipinski definition) is 8. The average Bonchev–Trinajstić information content (AvgIpc) is 3.34. The van der Waals surface area contributed by atoms with Crippen molar-refractivity contribution in [3.05, 3.63) is 42.1 Å². The summed E-state index contributed by atoms with van der Waals surface area (Å²) >= 11 is 0. The average molecular weight is 529 g/mol. The Balaban J connectivity index is 1.71. The van der Waals surface area contributed by atoms with Crippen LogP contribution in [0.3, 0.4) is 0 Å². The van der Waals surface area contributed by atoms with Gasteiger partial charge in [-0.3, -0.25) is 14.4 Å². The maximum Gasteiger partial charge on any atom is 0.409 e. The molecule has 2 heterocycles. The molecular weight excluding hydrogens is 492 g/mol. The predicted octanol–water partition coefficient (Wildman–Crippen LogP) is 1.22. The van der Waals surface area contributed by atoms with Crippen LogP contribution in [0.15, 0.2) is 36.4 Å². The lowest BCUT2D eigenvalue weighted by Gasteiger charge is -2.35. The van der Waals surface area contributed by atoms with Crippen molar-refractivity contribution in [1.82, 2.24) is 24.9 Å². The zero-order valence-electron chi connectivity index (χ0n) is 22.3. The van der Waals surface area contributed by atoms with Crippen LogP contribution in [0.1, 0.15) is 38.2 Å². The van der Waals surface area contributed by atoms with E-state index in [1.54, 1.807) is 44.7 Å². The summed E-state index contributed by atoms with van der Waals surface area (Å²) in [5.74, 6) is -0.856. The van der Waals surface area contributed by atoms with Gasteiger partial charge in [0.05, 0.1) is 12.3 Å². The highest BCUT2D eigenvalue weighted by atomic mass is 16.6. The minimum atomic E-state index is -0.981. The largest absolute Gasteiger partial charge is 0.470 e. The quantitative estimate of drug-likeness (QED) is 0.494. The summed E-state index contributed by atoms with van der Waals surface area (Å²) in [6, 6.07) is 9.48. The highest BCUT2D eigenvalue weighted by Gasteiger charge is 2.31. The molecule has 0 spiro atoms. The van der Waals surface area contributed by atoms with Gasteiger partial charge in [-0.2, -0.15) is 5.10 Å². The number of amides is 3. The van der Waals surface area contributed by atoms with Crippen molar-refractivity contribution >= 4 is 23.7 Å².